The van der Waals surface area contributed by atoms with Crippen molar-refractivity contribution in [2.24, 2.45) is 51.0 Å². The van der Waals surface area contributed by atoms with Gasteiger partial charge in [-0.15, -0.1) is 0 Å². The van der Waals surface area contributed by atoms with Crippen LogP contribution in [0.15, 0.2) is 16.8 Å². The van der Waals surface area contributed by atoms with Gasteiger partial charge in [-0.2, -0.15) is 13.2 Å². The smallest absolute Gasteiger partial charge is 0.389 e. The second kappa shape index (κ2) is 7.59. The summed E-state index contributed by atoms with van der Waals surface area (Å²) in [6.07, 6.45) is 2.01. The van der Waals surface area contributed by atoms with E-state index in [4.69, 9.17) is 4.84 Å². The average molecular weight is 456 g/mol. The highest BCUT2D eigenvalue weighted by Crippen LogP contribution is 2.82. The Morgan fingerprint density at radius 3 is 2.62 bits per heavy atom. The third-order valence-corrected chi connectivity index (χ3v) is 9.05. The molecular formula is C24H32F3NO4. The zero-order valence-corrected chi connectivity index (χ0v) is 18.8. The standard InChI is InChI=1S/C24H32F3NO4/c1-14(2)19-9-16-10-22(13-29)18-6-5-15(3)17(18)11-21(16,24(19,22)20(30)31)12-28-32-8-4-7-23(25,26)27/h9,12-18H,4-8,10-11H2,1-3H3,(H,30,31)/b28-12+/t15-,16?,17-,18-,21?,22?,24-/m1/s1. The van der Waals surface area contributed by atoms with E-state index in [9.17, 15) is 27.9 Å². The van der Waals surface area contributed by atoms with Gasteiger partial charge in [-0.3, -0.25) is 4.79 Å². The number of alkyl halides is 3. The first-order chi connectivity index (χ1) is 15.0. The van der Waals surface area contributed by atoms with Crippen molar-refractivity contribution < 1.29 is 32.7 Å². The van der Waals surface area contributed by atoms with Gasteiger partial charge in [0.1, 0.15) is 18.3 Å². The van der Waals surface area contributed by atoms with E-state index in [1.54, 1.807) is 6.21 Å². The van der Waals surface area contributed by atoms with Gasteiger partial charge >= 0.3 is 12.1 Å². The number of rotatable bonds is 8. The van der Waals surface area contributed by atoms with E-state index in [-0.39, 0.29) is 36.7 Å². The summed E-state index contributed by atoms with van der Waals surface area (Å²) in [4.78, 5) is 31.2. The molecule has 178 valence electrons. The first kappa shape index (κ1) is 23.3. The molecule has 7 atom stereocenters. The Bertz CT molecular complexity index is 853. The normalized spacial score (nSPS) is 42.4. The van der Waals surface area contributed by atoms with E-state index in [2.05, 4.69) is 12.1 Å². The molecule has 3 unspecified atom stereocenters. The summed E-state index contributed by atoms with van der Waals surface area (Å²) in [6, 6.07) is 0. The number of aliphatic carboxylic acids is 1. The molecule has 0 spiro atoms. The quantitative estimate of drug-likeness (QED) is 0.178. The topological polar surface area (TPSA) is 76.0 Å². The van der Waals surface area contributed by atoms with Crippen LogP contribution >= 0.6 is 0 Å². The van der Waals surface area contributed by atoms with Crippen LogP contribution in [0.4, 0.5) is 13.2 Å². The van der Waals surface area contributed by atoms with Gasteiger partial charge in [0, 0.05) is 11.8 Å². The van der Waals surface area contributed by atoms with Crippen molar-refractivity contribution in [3.8, 4) is 0 Å². The Labute approximate surface area is 186 Å². The summed E-state index contributed by atoms with van der Waals surface area (Å²) in [7, 11) is 0. The van der Waals surface area contributed by atoms with E-state index >= 15 is 0 Å². The van der Waals surface area contributed by atoms with Crippen LogP contribution in [0.1, 0.15) is 59.3 Å². The molecule has 0 radical (unpaired) electrons. The fourth-order valence-corrected chi connectivity index (χ4v) is 8.01. The van der Waals surface area contributed by atoms with Gasteiger partial charge < -0.3 is 14.7 Å². The van der Waals surface area contributed by atoms with E-state index in [0.29, 0.717) is 18.8 Å². The molecule has 4 bridgehead atoms. The molecule has 8 heteroatoms. The van der Waals surface area contributed by atoms with Crippen LogP contribution < -0.4 is 0 Å². The number of hydrogen-bond acceptors (Lipinski definition) is 4. The number of allylic oxidation sites excluding steroid dienone is 1. The molecule has 4 aliphatic carbocycles. The molecule has 0 saturated heterocycles. The van der Waals surface area contributed by atoms with Crippen LogP contribution in [0.5, 0.6) is 0 Å². The van der Waals surface area contributed by atoms with Crippen LogP contribution in [-0.4, -0.2) is 36.4 Å². The fraction of sp³-hybridized carbons (Fsp3) is 0.792. The van der Waals surface area contributed by atoms with Crippen molar-refractivity contribution >= 4 is 18.5 Å². The zero-order valence-electron chi connectivity index (χ0n) is 18.8. The van der Waals surface area contributed by atoms with Gasteiger partial charge in [0.25, 0.3) is 0 Å². The van der Waals surface area contributed by atoms with E-state index in [1.807, 2.05) is 19.9 Å². The molecule has 0 aromatic carbocycles. The largest absolute Gasteiger partial charge is 0.481 e. The summed E-state index contributed by atoms with van der Waals surface area (Å²) in [5.41, 5.74) is -2.49. The molecule has 0 amide bonds. The zero-order chi connectivity index (χ0) is 23.5. The maximum atomic E-state index is 13.2. The van der Waals surface area contributed by atoms with Gasteiger partial charge in [-0.25, -0.2) is 0 Å². The summed E-state index contributed by atoms with van der Waals surface area (Å²) in [5.74, 6) is -0.577. The maximum Gasteiger partial charge on any atom is 0.389 e. The molecule has 0 aromatic rings. The number of carbonyl (C=O) groups is 2. The van der Waals surface area contributed by atoms with Crippen molar-refractivity contribution in [2.75, 3.05) is 6.61 Å². The number of aldehydes is 1. The van der Waals surface area contributed by atoms with Gasteiger partial charge in [0.05, 0.1) is 11.6 Å². The van der Waals surface area contributed by atoms with Crippen LogP contribution in [0.3, 0.4) is 0 Å². The summed E-state index contributed by atoms with van der Waals surface area (Å²) < 4.78 is 37.2. The molecule has 4 rings (SSSR count). The monoisotopic (exact) mass is 455 g/mol. The van der Waals surface area contributed by atoms with Crippen molar-refractivity contribution in [3.05, 3.63) is 11.6 Å². The SMILES string of the molecule is CC(C)C1=CC2CC3(C=O)[C@@H]4CC[C@@H](C)[C@H]4CC2(/C=N/OCCCC(F)(F)F)[C@]13C(=O)O. The highest BCUT2D eigenvalue weighted by molar-refractivity contribution is 5.96. The summed E-state index contributed by atoms with van der Waals surface area (Å²) >= 11 is 0. The second-order valence-electron chi connectivity index (χ2n) is 10.7. The van der Waals surface area contributed by atoms with Crippen molar-refractivity contribution in [3.63, 3.8) is 0 Å². The highest BCUT2D eigenvalue weighted by atomic mass is 19.4. The minimum Gasteiger partial charge on any atom is -0.481 e. The van der Waals surface area contributed by atoms with Crippen molar-refractivity contribution in [2.45, 2.75) is 65.5 Å². The van der Waals surface area contributed by atoms with Crippen LogP contribution in [-0.2, 0) is 14.4 Å². The Morgan fingerprint density at radius 1 is 1.31 bits per heavy atom. The predicted molar refractivity (Wildman–Crippen MR) is 112 cm³/mol. The van der Waals surface area contributed by atoms with E-state index in [0.717, 1.165) is 24.7 Å². The lowest BCUT2D eigenvalue weighted by molar-refractivity contribution is -0.173. The van der Waals surface area contributed by atoms with Crippen LogP contribution in [0, 0.1) is 45.8 Å². The lowest BCUT2D eigenvalue weighted by atomic mass is 9.43. The Hall–Kier alpha value is -1.86. The number of fused-ring (bicyclic) bond motifs is 2. The van der Waals surface area contributed by atoms with Gasteiger partial charge in [-0.05, 0) is 55.3 Å². The molecule has 0 aromatic heterocycles. The third-order valence-electron chi connectivity index (χ3n) is 9.05. The molecule has 32 heavy (non-hydrogen) atoms. The molecule has 5 nitrogen and oxygen atoms in total. The molecule has 1 N–H and O–H groups in total. The van der Waals surface area contributed by atoms with Crippen molar-refractivity contribution in [1.82, 2.24) is 0 Å². The first-order valence-corrected chi connectivity index (χ1v) is 11.6. The van der Waals surface area contributed by atoms with E-state index < -0.39 is 34.8 Å². The number of hydrogen-bond donors (Lipinski definition) is 1. The number of nitrogens with zero attached hydrogens (tertiary/aromatic N) is 1. The predicted octanol–water partition coefficient (Wildman–Crippen LogP) is 5.26. The summed E-state index contributed by atoms with van der Waals surface area (Å²) in [6.45, 7) is 5.89. The van der Waals surface area contributed by atoms with Gasteiger partial charge in [0.15, 0.2) is 0 Å². The molecule has 3 saturated carbocycles. The Kier molecular flexibility index (Phi) is 5.53. The fourth-order valence-electron chi connectivity index (χ4n) is 8.01. The van der Waals surface area contributed by atoms with E-state index in [1.165, 1.54) is 0 Å². The number of carbonyl (C=O) groups excluding carboxylic acids is 1. The third kappa shape index (κ3) is 2.86. The molecule has 0 heterocycles. The molecule has 0 aliphatic heterocycles. The minimum atomic E-state index is -4.25. The lowest BCUT2D eigenvalue weighted by Gasteiger charge is -2.57. The Morgan fingerprint density at radius 2 is 2.03 bits per heavy atom. The van der Waals surface area contributed by atoms with Crippen LogP contribution in [0.2, 0.25) is 0 Å². The maximum absolute atomic E-state index is 13.2. The van der Waals surface area contributed by atoms with Gasteiger partial charge in [0.2, 0.25) is 0 Å². The summed E-state index contributed by atoms with van der Waals surface area (Å²) in [5, 5.41) is 14.8. The highest BCUT2D eigenvalue weighted by Gasteiger charge is 2.84. The Balaban J connectivity index is 1.74. The average Bonchev–Trinajstić information content (AvgIpc) is 3.27. The van der Waals surface area contributed by atoms with Gasteiger partial charge in [-0.1, -0.05) is 44.0 Å². The lowest BCUT2D eigenvalue weighted by Crippen LogP contribution is -2.63. The minimum absolute atomic E-state index is 0.0211. The van der Waals surface area contributed by atoms with Crippen LogP contribution in [0.25, 0.3) is 0 Å². The molecular weight excluding hydrogens is 423 g/mol. The number of halogens is 3. The molecule has 3 fully saturated rings. The first-order valence-electron chi connectivity index (χ1n) is 11.6. The number of carboxylic acids is 1. The van der Waals surface area contributed by atoms with Crippen molar-refractivity contribution in [1.29, 1.82) is 0 Å². The molecule has 4 aliphatic rings. The second-order valence-corrected chi connectivity index (χ2v) is 10.7. The number of carboxylic acid groups (broad SMARTS) is 1. The number of oxime groups is 1.